The first kappa shape index (κ1) is 110. The van der Waals surface area contributed by atoms with Crippen LogP contribution in [0.1, 0.15) is 399 Å². The van der Waals surface area contributed by atoms with E-state index in [1.165, 1.54) is 437 Å². The Hall–Kier alpha value is -4.79. The van der Waals surface area contributed by atoms with Crippen LogP contribution in [0.5, 0.6) is 0 Å². The van der Waals surface area contributed by atoms with Crippen molar-refractivity contribution in [1.29, 1.82) is 0 Å². The van der Waals surface area contributed by atoms with Crippen molar-refractivity contribution in [1.82, 2.24) is 14.7 Å². The van der Waals surface area contributed by atoms with Gasteiger partial charge in [-0.1, -0.05) is 139 Å². The third-order valence-corrected chi connectivity index (χ3v) is 46.6. The number of carbonyl (C=O) groups excluding carboxylic acids is 6. The summed E-state index contributed by atoms with van der Waals surface area (Å²) in [6, 6.07) is 42.2. The van der Waals surface area contributed by atoms with Crippen LogP contribution in [-0.2, 0) is 169 Å². The summed E-state index contributed by atoms with van der Waals surface area (Å²) in [5.74, 6) is 6.84. The number of likely N-dealkylation sites (N-methyl/N-ethyl adjacent to an activating group) is 4. The molecule has 3 radical (unpaired) electrons. The Kier molecular flexibility index (Phi) is 32.6. The van der Waals surface area contributed by atoms with Crippen molar-refractivity contribution >= 4 is 35.4 Å². The normalized spacial score (nSPS) is 35.6. The Labute approximate surface area is 961 Å². The number of carbonyl (C=O) groups is 6. The van der Waals surface area contributed by atoms with Gasteiger partial charge in [0.2, 0.25) is 35.4 Å². The molecule has 148 heavy (non-hydrogen) atoms. The van der Waals surface area contributed by atoms with Gasteiger partial charge in [0.05, 0.1) is 79.0 Å². The molecule has 6 aromatic rings. The van der Waals surface area contributed by atoms with Crippen molar-refractivity contribution in [3.8, 4) is 0 Å². The second kappa shape index (κ2) is 43.9. The average Bonchev–Trinajstić information content (AvgIpc) is 0.695. The number of hydrogen-bond donors (Lipinski definition) is 6. The van der Waals surface area contributed by atoms with Gasteiger partial charge in [-0.05, 0) is 363 Å². The number of likely N-dealkylation sites (tertiary alicyclic amines) is 6. The van der Waals surface area contributed by atoms with Gasteiger partial charge >= 0.3 is 0 Å². The van der Waals surface area contributed by atoms with E-state index in [1.807, 2.05) is 36.4 Å². The Morgan fingerprint density at radius 1 is 0.270 bits per heavy atom. The SMILES string of the molecule is CN1CCC23CCCCC2C1Cc1ccc(C(N)=O)cc13.C[N+]1(C)CCC23CCCCC2C1Cc1ccc(C(N)=O)cc13.C[N+]1(CC2CCC2)CCC23CCCCC2C1Cc1ccc(C(N)=O)cc13.C[N+]1(CC2CCC2)CCC23CCCCC2C1Cc1ccc(C(N)=O)cc13.NC(=O)c1ccc2c(c1)C13CCCCC1C(C2)N(CC1CCC1)CC3.NC(=O)c1ccc2c(c1)C13CCCCC1C(C2)N(CC1CCC1)CC3.[Y].[Y].[Y]. The van der Waals surface area contributed by atoms with Crippen LogP contribution in [0.15, 0.2) is 109 Å². The summed E-state index contributed by atoms with van der Waals surface area (Å²) >= 11 is 0. The maximum Gasteiger partial charge on any atom is 0.248 e. The fourth-order valence-electron chi connectivity index (χ4n) is 38.3. The van der Waals surface area contributed by atoms with Gasteiger partial charge in [-0.25, -0.2) is 0 Å². The Morgan fingerprint density at radius 3 is 0.797 bits per heavy atom. The minimum atomic E-state index is -0.295. The first-order valence-corrected chi connectivity index (χ1v) is 59.2. The Morgan fingerprint density at radius 2 is 0.514 bits per heavy atom. The number of rotatable bonds is 14. The van der Waals surface area contributed by atoms with Gasteiger partial charge in [0.1, 0.15) is 0 Å². The van der Waals surface area contributed by atoms with E-state index in [2.05, 4.69) is 123 Å². The second-order valence-electron chi connectivity index (χ2n) is 53.5. The van der Waals surface area contributed by atoms with E-state index in [-0.39, 0.29) is 134 Å². The van der Waals surface area contributed by atoms with Gasteiger partial charge in [0.15, 0.2) is 0 Å². The van der Waals surface area contributed by atoms with Crippen molar-refractivity contribution in [2.75, 3.05) is 101 Å². The topological polar surface area (TPSA) is 268 Å². The second-order valence-corrected chi connectivity index (χ2v) is 53.5. The molecule has 21 heteroatoms. The third kappa shape index (κ3) is 19.6. The van der Waals surface area contributed by atoms with Gasteiger partial charge in [0, 0.05) is 263 Å². The molecular weight excluding hydrogens is 2060 g/mol. The zero-order valence-corrected chi connectivity index (χ0v) is 99.5. The molecule has 20 atom stereocenters. The van der Waals surface area contributed by atoms with Gasteiger partial charge in [-0.15, -0.1) is 0 Å². The van der Waals surface area contributed by atoms with Crippen LogP contribution in [0.25, 0.3) is 0 Å². The molecule has 20 unspecified atom stereocenters. The molecule has 6 aliphatic heterocycles. The number of fused-ring (bicyclic) bond motifs is 6. The molecule has 6 saturated heterocycles. The Balaban J connectivity index is 0.000000107. The van der Waals surface area contributed by atoms with E-state index in [9.17, 15) is 28.8 Å². The zero-order valence-electron chi connectivity index (χ0n) is 91.0. The van der Waals surface area contributed by atoms with Gasteiger partial charge in [-0.2, -0.15) is 0 Å². The van der Waals surface area contributed by atoms with E-state index < -0.39 is 0 Å². The molecule has 0 aromatic heterocycles. The molecule has 16 fully saturated rings. The minimum absolute atomic E-state index is 0. The number of piperidine rings is 6. The Bertz CT molecular complexity index is 5710. The van der Waals surface area contributed by atoms with E-state index in [0.717, 1.165) is 107 Å². The van der Waals surface area contributed by atoms with Gasteiger partial charge in [-0.3, -0.25) is 38.6 Å². The number of amides is 6. The van der Waals surface area contributed by atoms with Crippen LogP contribution in [-0.4, -0.2) is 201 Å². The van der Waals surface area contributed by atoms with Crippen molar-refractivity contribution in [2.45, 2.75) is 377 Å². The molecule has 16 aliphatic carbocycles. The number of hydrogen-bond acceptors (Lipinski definition) is 9. The zero-order chi connectivity index (χ0) is 100. The number of primary amides is 6. The van der Waals surface area contributed by atoms with Gasteiger partial charge in [0.25, 0.3) is 0 Å². The van der Waals surface area contributed by atoms with Crippen LogP contribution < -0.4 is 34.4 Å². The molecule has 6 aromatic carbocycles. The van der Waals surface area contributed by atoms with Crippen LogP contribution in [0, 0.1) is 59.2 Å². The quantitative estimate of drug-likeness (QED) is 0.0565. The van der Waals surface area contributed by atoms with Crippen molar-refractivity contribution < 1.29 is 140 Å². The molecule has 28 rings (SSSR count). The van der Waals surface area contributed by atoms with Crippen LogP contribution in [0.3, 0.4) is 0 Å². The van der Waals surface area contributed by atoms with Crippen LogP contribution in [0.4, 0.5) is 0 Å². The van der Waals surface area contributed by atoms with Crippen molar-refractivity contribution in [2.24, 2.45) is 93.6 Å². The van der Waals surface area contributed by atoms with E-state index in [1.54, 1.807) is 0 Å². The minimum Gasteiger partial charge on any atom is -0.366 e. The third-order valence-electron chi connectivity index (χ3n) is 46.6. The molecule has 10 saturated carbocycles. The number of nitrogens with two attached hydrogens (primary N) is 6. The molecule has 6 heterocycles. The summed E-state index contributed by atoms with van der Waals surface area (Å²) in [6.45, 7) is 13.0. The summed E-state index contributed by atoms with van der Waals surface area (Å²) in [5.41, 5.74) is 57.4. The fourth-order valence-corrected chi connectivity index (χ4v) is 38.3. The van der Waals surface area contributed by atoms with Crippen molar-refractivity contribution in [3.05, 3.63) is 209 Å². The summed E-state index contributed by atoms with van der Waals surface area (Å²) < 4.78 is 3.76. The standard InChI is InChI=1S/2C23H32N2O.2C22H30N2O.C19H26N2O.C18H24N2O.3Y/c2*1-25(15-16-5-4-6-16)12-11-23-10-3-2-7-19(23)21(25)14-17-8-9-18(22(24)26)13-20(17)23;2*23-21(25)17-8-7-16-13-20-18-6-1-2-9-22(18,19(16)12-17)10-11-24(20)14-15-4-3-5-15;1-21(2)10-9-19-8-4-3-5-15(19)17(21)12-13-6-7-14(18(20)22)11-16(13)19;1-20-9-8-18-7-3-2-4-14(18)16(20)11-12-5-6-13(17(19)21)10-15(12)18;;;/h2*8-9,13,16,19,21H,2-7,10-12,14-15H2,1H3,(H-,24,26);2*7-8,12,15,18,20H,1-6,9-11,13-14H2,(H2,23,25);6-7,11,15,17H,3-5,8-10,12H2,1-2H3,(H-,20,22);5-6,10,14,16H,2-4,7-9,11H2,1H3,(H2,19,21);;;/p+3. The first-order chi connectivity index (χ1) is 69.9. The summed E-state index contributed by atoms with van der Waals surface area (Å²) in [7, 11) is 12.2. The molecular formula is C127H177N12O6Y3+3. The largest absolute Gasteiger partial charge is 0.366 e. The average molecular weight is 2230 g/mol. The van der Waals surface area contributed by atoms with E-state index in [0.29, 0.717) is 71.9 Å². The number of quaternary nitrogens is 3. The maximum atomic E-state index is 11.8. The molecule has 0 spiro atoms. The monoisotopic (exact) mass is 2230 g/mol. The smallest absolute Gasteiger partial charge is 0.248 e. The first-order valence-electron chi connectivity index (χ1n) is 59.2. The van der Waals surface area contributed by atoms with Gasteiger partial charge < -0.3 is 52.8 Å². The molecule has 12 bridgehead atoms. The predicted octanol–water partition coefficient (Wildman–Crippen LogP) is 19.9. The molecule has 18 nitrogen and oxygen atoms in total. The number of benzene rings is 6. The van der Waals surface area contributed by atoms with Crippen molar-refractivity contribution in [3.63, 3.8) is 0 Å². The fraction of sp³-hybridized carbons (Fsp3) is 0.669. The van der Waals surface area contributed by atoms with E-state index >= 15 is 0 Å². The molecule has 6 amide bonds. The van der Waals surface area contributed by atoms with E-state index in [4.69, 9.17) is 34.4 Å². The molecule has 12 N–H and O–H groups in total. The summed E-state index contributed by atoms with van der Waals surface area (Å²) in [4.78, 5) is 78.6. The summed E-state index contributed by atoms with van der Waals surface area (Å²) in [5, 5.41) is 0. The molecule has 22 aliphatic rings. The predicted molar refractivity (Wildman–Crippen MR) is 578 cm³/mol. The van der Waals surface area contributed by atoms with Crippen LogP contribution >= 0.6 is 0 Å². The van der Waals surface area contributed by atoms with Crippen LogP contribution in [0.2, 0.25) is 0 Å². The number of nitrogens with zero attached hydrogens (tertiary/aromatic N) is 6. The molecule has 787 valence electrons. The summed E-state index contributed by atoms with van der Waals surface area (Å²) in [6.07, 6.45) is 64.3. The maximum absolute atomic E-state index is 11.8.